The lowest BCUT2D eigenvalue weighted by Gasteiger charge is -2.24. The summed E-state index contributed by atoms with van der Waals surface area (Å²) in [4.78, 5) is 23.2. The van der Waals surface area contributed by atoms with E-state index in [9.17, 15) is 9.59 Å². The van der Waals surface area contributed by atoms with Crippen LogP contribution in [0.3, 0.4) is 0 Å². The van der Waals surface area contributed by atoms with E-state index in [0.717, 1.165) is 6.08 Å². The molecule has 0 aliphatic rings. The Morgan fingerprint density at radius 1 is 1.35 bits per heavy atom. The Morgan fingerprint density at radius 2 is 1.94 bits per heavy atom. The van der Waals surface area contributed by atoms with Gasteiger partial charge in [-0.2, -0.15) is 0 Å². The lowest BCUT2D eigenvalue weighted by molar-refractivity contribution is -0.131. The third-order valence-corrected chi connectivity index (χ3v) is 1.83. The van der Waals surface area contributed by atoms with Crippen LogP contribution in [0.4, 0.5) is 4.79 Å². The number of amides is 1. The molecule has 0 radical (unpaired) electrons. The summed E-state index contributed by atoms with van der Waals surface area (Å²) in [6.45, 7) is 5.98. The standard InChI is InChI=1S/C12H21NO4/c1-12(2,3)17-11(16)13(4)9-7-5-6-8-10(14)15/h6,8H,5,7,9H2,1-4H3,(H,14,15)/b8-6+. The number of aliphatic carboxylic acids is 1. The lowest BCUT2D eigenvalue weighted by Crippen LogP contribution is -2.34. The molecule has 0 rings (SSSR count). The van der Waals surface area contributed by atoms with Crippen molar-refractivity contribution in [2.45, 2.75) is 39.2 Å². The third-order valence-electron chi connectivity index (χ3n) is 1.83. The zero-order valence-electron chi connectivity index (χ0n) is 10.9. The molecule has 0 atom stereocenters. The highest BCUT2D eigenvalue weighted by Crippen LogP contribution is 2.09. The number of ether oxygens (including phenoxy) is 1. The summed E-state index contributed by atoms with van der Waals surface area (Å²) >= 11 is 0. The summed E-state index contributed by atoms with van der Waals surface area (Å²) < 4.78 is 5.17. The van der Waals surface area contributed by atoms with Crippen LogP contribution in [0, 0.1) is 0 Å². The van der Waals surface area contributed by atoms with Crippen LogP contribution in [0.25, 0.3) is 0 Å². The van der Waals surface area contributed by atoms with Gasteiger partial charge in [-0.3, -0.25) is 0 Å². The van der Waals surface area contributed by atoms with Crippen molar-refractivity contribution < 1.29 is 19.4 Å². The van der Waals surface area contributed by atoms with Crippen LogP contribution in [0.1, 0.15) is 33.6 Å². The second-order valence-electron chi connectivity index (χ2n) is 4.78. The predicted octanol–water partition coefficient (Wildman–Crippen LogP) is 2.27. The molecule has 0 fully saturated rings. The number of unbranched alkanes of at least 4 members (excludes halogenated alkanes) is 1. The first-order valence-electron chi connectivity index (χ1n) is 5.56. The molecule has 1 N–H and O–H groups in total. The van der Waals surface area contributed by atoms with Crippen LogP contribution in [0.15, 0.2) is 12.2 Å². The van der Waals surface area contributed by atoms with E-state index in [0.29, 0.717) is 19.4 Å². The van der Waals surface area contributed by atoms with Gasteiger partial charge in [0.1, 0.15) is 5.60 Å². The van der Waals surface area contributed by atoms with Crippen molar-refractivity contribution in [3.05, 3.63) is 12.2 Å². The van der Waals surface area contributed by atoms with E-state index < -0.39 is 11.6 Å². The van der Waals surface area contributed by atoms with Gasteiger partial charge < -0.3 is 14.7 Å². The SMILES string of the molecule is CN(CCC/C=C/C(=O)O)C(=O)OC(C)(C)C. The maximum absolute atomic E-state index is 11.5. The zero-order valence-corrected chi connectivity index (χ0v) is 10.9. The minimum Gasteiger partial charge on any atom is -0.478 e. The third kappa shape index (κ3) is 9.41. The Hall–Kier alpha value is -1.52. The van der Waals surface area contributed by atoms with Gasteiger partial charge in [-0.15, -0.1) is 0 Å². The monoisotopic (exact) mass is 243 g/mol. The molecule has 0 spiro atoms. The fourth-order valence-corrected chi connectivity index (χ4v) is 1.06. The fraction of sp³-hybridized carbons (Fsp3) is 0.667. The highest BCUT2D eigenvalue weighted by Gasteiger charge is 2.18. The van der Waals surface area contributed by atoms with Crippen molar-refractivity contribution in [2.24, 2.45) is 0 Å². The van der Waals surface area contributed by atoms with Crippen LogP contribution < -0.4 is 0 Å². The van der Waals surface area contributed by atoms with Crippen molar-refractivity contribution in [1.29, 1.82) is 0 Å². The maximum Gasteiger partial charge on any atom is 0.410 e. The van der Waals surface area contributed by atoms with E-state index in [1.165, 1.54) is 4.90 Å². The molecule has 0 aromatic heterocycles. The first-order chi connectivity index (χ1) is 7.72. The Balaban J connectivity index is 3.83. The number of hydrogen-bond donors (Lipinski definition) is 1. The van der Waals surface area contributed by atoms with Crippen LogP contribution in [-0.2, 0) is 9.53 Å². The molecule has 0 aliphatic carbocycles. The van der Waals surface area contributed by atoms with Gasteiger partial charge >= 0.3 is 12.1 Å². The molecular weight excluding hydrogens is 222 g/mol. The van der Waals surface area contributed by atoms with E-state index in [1.807, 2.05) is 20.8 Å². The predicted molar refractivity (Wildman–Crippen MR) is 64.9 cm³/mol. The van der Waals surface area contributed by atoms with E-state index in [2.05, 4.69) is 0 Å². The van der Waals surface area contributed by atoms with Crippen LogP contribution in [0.5, 0.6) is 0 Å². The normalized spacial score (nSPS) is 11.5. The Labute approximate surface area is 102 Å². The van der Waals surface area contributed by atoms with E-state index >= 15 is 0 Å². The van der Waals surface area contributed by atoms with Crippen LogP contribution >= 0.6 is 0 Å². The summed E-state index contributed by atoms with van der Waals surface area (Å²) in [7, 11) is 1.66. The van der Waals surface area contributed by atoms with Gasteiger partial charge in [0.25, 0.3) is 0 Å². The number of rotatable bonds is 5. The second-order valence-corrected chi connectivity index (χ2v) is 4.78. The Morgan fingerprint density at radius 3 is 2.41 bits per heavy atom. The number of carboxylic acid groups (broad SMARTS) is 1. The average molecular weight is 243 g/mol. The highest BCUT2D eigenvalue weighted by molar-refractivity contribution is 5.79. The molecule has 0 aromatic rings. The van der Waals surface area contributed by atoms with Crippen molar-refractivity contribution >= 4 is 12.1 Å². The summed E-state index contributed by atoms with van der Waals surface area (Å²) in [6, 6.07) is 0. The number of hydrogen-bond acceptors (Lipinski definition) is 3. The fourth-order valence-electron chi connectivity index (χ4n) is 1.06. The zero-order chi connectivity index (χ0) is 13.5. The van der Waals surface area contributed by atoms with Crippen molar-refractivity contribution in [1.82, 2.24) is 4.90 Å². The number of carbonyl (C=O) groups is 2. The molecule has 0 aromatic carbocycles. The Kier molecular flexibility index (Phi) is 6.31. The molecule has 1 amide bonds. The number of allylic oxidation sites excluding steroid dienone is 1. The largest absolute Gasteiger partial charge is 0.478 e. The highest BCUT2D eigenvalue weighted by atomic mass is 16.6. The summed E-state index contributed by atoms with van der Waals surface area (Å²) in [5, 5.41) is 8.37. The molecule has 0 saturated carbocycles. The minimum absolute atomic E-state index is 0.361. The summed E-state index contributed by atoms with van der Waals surface area (Å²) in [5.41, 5.74) is -0.492. The summed E-state index contributed by atoms with van der Waals surface area (Å²) in [5.74, 6) is -0.953. The van der Waals surface area contributed by atoms with Gasteiger partial charge in [-0.05, 0) is 33.6 Å². The molecule has 0 unspecified atom stereocenters. The number of nitrogens with zero attached hydrogens (tertiary/aromatic N) is 1. The molecule has 5 heteroatoms. The maximum atomic E-state index is 11.5. The van der Waals surface area contributed by atoms with Crippen molar-refractivity contribution in [3.8, 4) is 0 Å². The topological polar surface area (TPSA) is 66.8 Å². The average Bonchev–Trinajstić information content (AvgIpc) is 2.13. The second kappa shape index (κ2) is 6.93. The van der Waals surface area contributed by atoms with Crippen LogP contribution in [0.2, 0.25) is 0 Å². The number of carbonyl (C=O) groups excluding carboxylic acids is 1. The van der Waals surface area contributed by atoms with Gasteiger partial charge in [0.2, 0.25) is 0 Å². The molecule has 0 saturated heterocycles. The molecular formula is C12H21NO4. The number of carboxylic acids is 1. The molecule has 0 heterocycles. The molecule has 98 valence electrons. The first kappa shape index (κ1) is 15.5. The molecule has 5 nitrogen and oxygen atoms in total. The van der Waals surface area contributed by atoms with Gasteiger partial charge in [-0.1, -0.05) is 6.08 Å². The van der Waals surface area contributed by atoms with E-state index in [-0.39, 0.29) is 6.09 Å². The molecule has 17 heavy (non-hydrogen) atoms. The van der Waals surface area contributed by atoms with Gasteiger partial charge in [-0.25, -0.2) is 9.59 Å². The first-order valence-corrected chi connectivity index (χ1v) is 5.56. The molecule has 0 aliphatic heterocycles. The van der Waals surface area contributed by atoms with E-state index in [4.69, 9.17) is 9.84 Å². The van der Waals surface area contributed by atoms with Crippen molar-refractivity contribution in [3.63, 3.8) is 0 Å². The van der Waals surface area contributed by atoms with Crippen LogP contribution in [-0.4, -0.2) is 41.3 Å². The summed E-state index contributed by atoms with van der Waals surface area (Å²) in [6.07, 6.45) is 3.65. The van der Waals surface area contributed by atoms with Gasteiger partial charge in [0.15, 0.2) is 0 Å². The van der Waals surface area contributed by atoms with Gasteiger partial charge in [0, 0.05) is 19.7 Å². The smallest absolute Gasteiger partial charge is 0.410 e. The lowest BCUT2D eigenvalue weighted by atomic mass is 10.2. The van der Waals surface area contributed by atoms with E-state index in [1.54, 1.807) is 13.1 Å². The van der Waals surface area contributed by atoms with Crippen molar-refractivity contribution in [2.75, 3.05) is 13.6 Å². The van der Waals surface area contributed by atoms with Gasteiger partial charge in [0.05, 0.1) is 0 Å². The molecule has 0 bridgehead atoms. The quantitative estimate of drug-likeness (QED) is 0.594. The Bertz CT molecular complexity index is 291. The minimum atomic E-state index is -0.953.